The molecule has 0 fully saturated rings. The molecular weight excluding hydrogens is 452 g/mol. The smallest absolute Gasteiger partial charge is 0.201 e. The van der Waals surface area contributed by atoms with Gasteiger partial charge in [-0.3, -0.25) is 0 Å². The van der Waals surface area contributed by atoms with Crippen molar-refractivity contribution in [2.45, 2.75) is 39.0 Å². The summed E-state index contributed by atoms with van der Waals surface area (Å²) < 4.78 is 64.0. The zero-order valence-electron chi connectivity index (χ0n) is 19.7. The summed E-state index contributed by atoms with van der Waals surface area (Å²) in [6.07, 6.45) is 8.48. The fourth-order valence-electron chi connectivity index (χ4n) is 4.62. The Morgan fingerprint density at radius 2 is 1.40 bits per heavy atom. The molecule has 0 aromatic heterocycles. The maximum absolute atomic E-state index is 15.1. The minimum atomic E-state index is -1.05. The van der Waals surface area contributed by atoms with Crippen LogP contribution in [0.1, 0.15) is 44.6 Å². The fraction of sp³-hybridized carbons (Fsp3) is 0.267. The largest absolute Gasteiger partial charge is 0.491 e. The lowest BCUT2D eigenvalue weighted by molar-refractivity contribution is 0.314. The van der Waals surface area contributed by atoms with Gasteiger partial charge in [-0.25, -0.2) is 13.2 Å². The lowest BCUT2D eigenvalue weighted by Gasteiger charge is -2.22. The molecule has 1 aliphatic carbocycles. The average Bonchev–Trinajstić information content (AvgIpc) is 2.88. The van der Waals surface area contributed by atoms with Crippen LogP contribution in [0.15, 0.2) is 67.3 Å². The Morgan fingerprint density at radius 3 is 1.97 bits per heavy atom. The van der Waals surface area contributed by atoms with Gasteiger partial charge in [0, 0.05) is 16.7 Å². The normalized spacial score (nSPS) is 15.6. The molecule has 1 aliphatic rings. The second kappa shape index (κ2) is 10.9. The summed E-state index contributed by atoms with van der Waals surface area (Å²) in [6.45, 7) is 5.66. The van der Waals surface area contributed by atoms with Gasteiger partial charge in [0.05, 0.1) is 6.61 Å². The summed E-state index contributed by atoms with van der Waals surface area (Å²) in [5.41, 5.74) is 2.20. The van der Waals surface area contributed by atoms with Crippen LogP contribution in [0.25, 0.3) is 27.8 Å². The SMILES string of the molecule is C=CCCC1CC=C(c2ccc(-c3ccc(-c4ccc(OCC)c(F)c4F)cc3)c(F)c2F)CC1. The van der Waals surface area contributed by atoms with E-state index in [1.165, 1.54) is 12.1 Å². The van der Waals surface area contributed by atoms with E-state index >= 15 is 8.78 Å². The molecule has 1 atom stereocenters. The highest BCUT2D eigenvalue weighted by Crippen LogP contribution is 2.37. The van der Waals surface area contributed by atoms with Crippen LogP contribution in [0.2, 0.25) is 0 Å². The third kappa shape index (κ3) is 5.19. The van der Waals surface area contributed by atoms with Gasteiger partial charge in [-0.2, -0.15) is 4.39 Å². The van der Waals surface area contributed by atoms with Crippen LogP contribution >= 0.6 is 0 Å². The van der Waals surface area contributed by atoms with E-state index < -0.39 is 23.3 Å². The van der Waals surface area contributed by atoms with E-state index in [2.05, 4.69) is 6.58 Å². The molecule has 0 aliphatic heterocycles. The van der Waals surface area contributed by atoms with Crippen LogP contribution in [0.3, 0.4) is 0 Å². The number of allylic oxidation sites excluding steroid dienone is 3. The molecule has 3 aromatic carbocycles. The highest BCUT2D eigenvalue weighted by atomic mass is 19.2. The van der Waals surface area contributed by atoms with Crippen LogP contribution < -0.4 is 4.74 Å². The summed E-state index contributed by atoms with van der Waals surface area (Å²) in [7, 11) is 0. The first-order valence-electron chi connectivity index (χ1n) is 11.9. The second-order valence-electron chi connectivity index (χ2n) is 8.77. The molecule has 4 rings (SSSR count). The number of ether oxygens (including phenoxy) is 1. The Balaban J connectivity index is 1.57. The standard InChI is InChI=1S/C30H28F4O/c1-3-5-6-19-7-9-20(10-8-19)23-15-16-24(28(32)27(23)31)21-11-13-22(14-12-21)25-17-18-26(35-4-2)30(34)29(25)33/h3,9,11-19H,1,4-8,10H2,2H3. The second-order valence-corrected chi connectivity index (χ2v) is 8.77. The molecule has 0 saturated heterocycles. The van der Waals surface area contributed by atoms with Crippen LogP contribution in [-0.2, 0) is 0 Å². The van der Waals surface area contributed by atoms with E-state index in [0.717, 1.165) is 37.7 Å². The monoisotopic (exact) mass is 480 g/mol. The Labute approximate surface area is 203 Å². The van der Waals surface area contributed by atoms with E-state index in [4.69, 9.17) is 4.74 Å². The molecule has 0 amide bonds. The Hall–Kier alpha value is -3.34. The molecule has 0 saturated carbocycles. The van der Waals surface area contributed by atoms with Crippen LogP contribution in [0.4, 0.5) is 17.6 Å². The molecule has 0 bridgehead atoms. The van der Waals surface area contributed by atoms with Gasteiger partial charge in [0.15, 0.2) is 23.2 Å². The number of hydrogen-bond acceptors (Lipinski definition) is 1. The zero-order valence-corrected chi connectivity index (χ0v) is 19.7. The zero-order chi connectivity index (χ0) is 24.9. The van der Waals surface area contributed by atoms with Gasteiger partial charge in [-0.15, -0.1) is 6.58 Å². The minimum absolute atomic E-state index is 0.0649. The molecule has 5 heteroatoms. The van der Waals surface area contributed by atoms with Gasteiger partial charge in [-0.1, -0.05) is 48.6 Å². The lowest BCUT2D eigenvalue weighted by atomic mass is 9.83. The first kappa shape index (κ1) is 24.8. The summed E-state index contributed by atoms with van der Waals surface area (Å²) in [4.78, 5) is 0. The molecule has 1 unspecified atom stereocenters. The van der Waals surface area contributed by atoms with Crippen molar-refractivity contribution in [2.75, 3.05) is 6.61 Å². The van der Waals surface area contributed by atoms with Gasteiger partial charge < -0.3 is 4.74 Å². The number of halogens is 4. The molecule has 35 heavy (non-hydrogen) atoms. The third-order valence-corrected chi connectivity index (χ3v) is 6.58. The van der Waals surface area contributed by atoms with Crippen LogP contribution in [0, 0.1) is 29.2 Å². The van der Waals surface area contributed by atoms with E-state index in [1.807, 2.05) is 12.2 Å². The van der Waals surface area contributed by atoms with Crippen molar-refractivity contribution in [2.24, 2.45) is 5.92 Å². The van der Waals surface area contributed by atoms with E-state index in [-0.39, 0.29) is 23.5 Å². The Kier molecular flexibility index (Phi) is 7.74. The molecular formula is C30H28F4O. The Bertz CT molecular complexity index is 1240. The first-order valence-corrected chi connectivity index (χ1v) is 11.9. The average molecular weight is 481 g/mol. The van der Waals surface area contributed by atoms with Crippen molar-refractivity contribution in [3.63, 3.8) is 0 Å². The van der Waals surface area contributed by atoms with Crippen molar-refractivity contribution in [3.05, 3.63) is 96.1 Å². The highest BCUT2D eigenvalue weighted by molar-refractivity contribution is 5.74. The third-order valence-electron chi connectivity index (χ3n) is 6.58. The summed E-state index contributed by atoms with van der Waals surface area (Å²) >= 11 is 0. The van der Waals surface area contributed by atoms with Gasteiger partial charge in [0.1, 0.15) is 0 Å². The van der Waals surface area contributed by atoms with Gasteiger partial charge in [0.2, 0.25) is 5.82 Å². The highest BCUT2D eigenvalue weighted by Gasteiger charge is 2.21. The van der Waals surface area contributed by atoms with Crippen molar-refractivity contribution in [1.82, 2.24) is 0 Å². The quantitative estimate of drug-likeness (QED) is 0.231. The molecule has 0 radical (unpaired) electrons. The maximum Gasteiger partial charge on any atom is 0.201 e. The van der Waals surface area contributed by atoms with Gasteiger partial charge in [0.25, 0.3) is 0 Å². The molecule has 1 nitrogen and oxygen atoms in total. The predicted molar refractivity (Wildman–Crippen MR) is 133 cm³/mol. The summed E-state index contributed by atoms with van der Waals surface area (Å²) in [6, 6.07) is 12.3. The molecule has 0 N–H and O–H groups in total. The van der Waals surface area contributed by atoms with Crippen molar-refractivity contribution in [3.8, 4) is 28.0 Å². The summed E-state index contributed by atoms with van der Waals surface area (Å²) in [5, 5.41) is 0. The van der Waals surface area contributed by atoms with E-state index in [9.17, 15) is 8.78 Å². The maximum atomic E-state index is 15.1. The number of rotatable bonds is 8. The number of benzene rings is 3. The van der Waals surface area contributed by atoms with Gasteiger partial charge >= 0.3 is 0 Å². The lowest BCUT2D eigenvalue weighted by Crippen LogP contribution is -2.07. The van der Waals surface area contributed by atoms with E-state index in [0.29, 0.717) is 22.6 Å². The minimum Gasteiger partial charge on any atom is -0.491 e. The van der Waals surface area contributed by atoms with Crippen LogP contribution in [-0.4, -0.2) is 6.61 Å². The predicted octanol–water partition coefficient (Wildman–Crippen LogP) is 9.13. The molecule has 0 spiro atoms. The fourth-order valence-corrected chi connectivity index (χ4v) is 4.62. The molecule has 3 aromatic rings. The van der Waals surface area contributed by atoms with Crippen molar-refractivity contribution in [1.29, 1.82) is 0 Å². The Morgan fingerprint density at radius 1 is 0.829 bits per heavy atom. The van der Waals surface area contributed by atoms with Crippen molar-refractivity contribution >= 4 is 5.57 Å². The summed E-state index contributed by atoms with van der Waals surface area (Å²) in [5.74, 6) is -3.44. The topological polar surface area (TPSA) is 9.23 Å². The van der Waals surface area contributed by atoms with E-state index in [1.54, 1.807) is 43.3 Å². The molecule has 182 valence electrons. The first-order chi connectivity index (χ1) is 16.9. The van der Waals surface area contributed by atoms with Crippen LogP contribution in [0.5, 0.6) is 5.75 Å². The van der Waals surface area contributed by atoms with Crippen molar-refractivity contribution < 1.29 is 22.3 Å². The number of hydrogen-bond donors (Lipinski definition) is 0. The van der Waals surface area contributed by atoms with Gasteiger partial charge in [-0.05, 0) is 73.8 Å². The molecule has 0 heterocycles.